The number of halogens is 1. The van der Waals surface area contributed by atoms with Gasteiger partial charge in [0.15, 0.2) is 0 Å². The molecule has 0 bridgehead atoms. The van der Waals surface area contributed by atoms with Crippen molar-refractivity contribution in [1.82, 2.24) is 0 Å². The highest BCUT2D eigenvalue weighted by atomic mass is 35.5. The molecule has 0 aliphatic heterocycles. The molecule has 0 unspecified atom stereocenters. The smallest absolute Gasteiger partial charge is 0.348 e. The summed E-state index contributed by atoms with van der Waals surface area (Å²) in [5, 5.41) is 9.82. The second kappa shape index (κ2) is 6.43. The van der Waals surface area contributed by atoms with Crippen LogP contribution in [0.3, 0.4) is 0 Å². The Hall–Kier alpha value is -1.62. The van der Waals surface area contributed by atoms with Gasteiger partial charge in [-0.2, -0.15) is 0 Å². The Morgan fingerprint density at radius 1 is 1.14 bits per heavy atom. The highest BCUT2D eigenvalue weighted by Gasteiger charge is 2.42. The fraction of sp³-hybridized carbons (Fsp3) is 0.533. The van der Waals surface area contributed by atoms with E-state index >= 15 is 0 Å². The van der Waals surface area contributed by atoms with Crippen LogP contribution >= 0.6 is 11.6 Å². The second-order valence-electron chi connectivity index (χ2n) is 5.10. The summed E-state index contributed by atoms with van der Waals surface area (Å²) in [6.07, 6.45) is 3.61. The molecule has 0 saturated heterocycles. The highest BCUT2D eigenvalue weighted by molar-refractivity contribution is 6.33. The summed E-state index contributed by atoms with van der Waals surface area (Å²) < 4.78 is 16.2. The monoisotopic (exact) mass is 314 g/mol. The fourth-order valence-corrected chi connectivity index (χ4v) is 2.81. The van der Waals surface area contributed by atoms with Gasteiger partial charge < -0.3 is 19.3 Å². The van der Waals surface area contributed by atoms with E-state index in [0.29, 0.717) is 24.3 Å². The number of carboxylic acid groups (broad SMARTS) is 1. The number of hydrogen-bond donors (Lipinski definition) is 1. The van der Waals surface area contributed by atoms with E-state index < -0.39 is 11.6 Å². The van der Waals surface area contributed by atoms with Gasteiger partial charge in [0.25, 0.3) is 0 Å². The van der Waals surface area contributed by atoms with Crippen molar-refractivity contribution in [2.75, 3.05) is 14.2 Å². The Bertz CT molecular complexity index is 523. The van der Waals surface area contributed by atoms with Crippen LogP contribution < -0.4 is 14.2 Å². The van der Waals surface area contributed by atoms with Crippen molar-refractivity contribution in [2.45, 2.75) is 37.7 Å². The van der Waals surface area contributed by atoms with E-state index in [1.807, 2.05) is 0 Å². The van der Waals surface area contributed by atoms with Crippen molar-refractivity contribution in [3.63, 3.8) is 0 Å². The lowest BCUT2D eigenvalue weighted by Crippen LogP contribution is -2.46. The molecule has 0 amide bonds. The normalized spacial score (nSPS) is 17.1. The van der Waals surface area contributed by atoms with E-state index in [4.69, 9.17) is 25.8 Å². The minimum atomic E-state index is -1.22. The van der Waals surface area contributed by atoms with E-state index in [0.717, 1.165) is 19.3 Å². The Morgan fingerprint density at radius 2 is 1.76 bits per heavy atom. The number of benzene rings is 1. The summed E-state index contributed by atoms with van der Waals surface area (Å²) in [6.45, 7) is 0. The molecule has 21 heavy (non-hydrogen) atoms. The van der Waals surface area contributed by atoms with Gasteiger partial charge in [0.05, 0.1) is 14.2 Å². The second-order valence-corrected chi connectivity index (χ2v) is 5.48. The lowest BCUT2D eigenvalue weighted by atomic mass is 9.84. The zero-order valence-corrected chi connectivity index (χ0v) is 12.9. The van der Waals surface area contributed by atoms with Crippen molar-refractivity contribution in [3.8, 4) is 17.2 Å². The molecule has 5 nitrogen and oxygen atoms in total. The van der Waals surface area contributed by atoms with Crippen LogP contribution in [-0.2, 0) is 4.79 Å². The van der Waals surface area contributed by atoms with Gasteiger partial charge in [0, 0.05) is 12.1 Å². The molecular formula is C15H19ClO5. The zero-order chi connectivity index (χ0) is 15.5. The van der Waals surface area contributed by atoms with Gasteiger partial charge >= 0.3 is 5.97 Å². The Morgan fingerprint density at radius 3 is 2.29 bits per heavy atom. The minimum Gasteiger partial charge on any atom is -0.496 e. The average Bonchev–Trinajstić information content (AvgIpc) is 2.50. The van der Waals surface area contributed by atoms with Crippen LogP contribution in [-0.4, -0.2) is 30.9 Å². The van der Waals surface area contributed by atoms with Gasteiger partial charge in [0.1, 0.15) is 22.3 Å². The van der Waals surface area contributed by atoms with Gasteiger partial charge in [-0.05, 0) is 25.7 Å². The van der Waals surface area contributed by atoms with E-state index in [1.165, 1.54) is 14.2 Å². The van der Waals surface area contributed by atoms with Crippen molar-refractivity contribution in [1.29, 1.82) is 0 Å². The number of hydrogen-bond acceptors (Lipinski definition) is 4. The van der Waals surface area contributed by atoms with E-state index in [9.17, 15) is 9.90 Å². The van der Waals surface area contributed by atoms with Crippen LogP contribution in [0.5, 0.6) is 17.2 Å². The van der Waals surface area contributed by atoms with Crippen LogP contribution in [0.25, 0.3) is 0 Å². The van der Waals surface area contributed by atoms with Gasteiger partial charge in [-0.3, -0.25) is 0 Å². The standard InChI is InChI=1S/C15H19ClO5/c1-19-10-8-11(20-2)13(16)12(9-10)21-15(14(17)18)6-4-3-5-7-15/h8-9H,3-7H2,1-2H3,(H,17,18). The topological polar surface area (TPSA) is 65.0 Å². The van der Waals surface area contributed by atoms with Crippen molar-refractivity contribution in [3.05, 3.63) is 17.2 Å². The first-order valence-electron chi connectivity index (χ1n) is 6.86. The summed E-state index contributed by atoms with van der Waals surface area (Å²) in [5.74, 6) is 0.210. The molecule has 0 atom stereocenters. The molecule has 1 N–H and O–H groups in total. The first kappa shape index (κ1) is 15.8. The molecule has 1 aliphatic carbocycles. The van der Waals surface area contributed by atoms with Gasteiger partial charge in [-0.25, -0.2) is 4.79 Å². The minimum absolute atomic E-state index is 0.254. The van der Waals surface area contributed by atoms with Gasteiger partial charge in [0.2, 0.25) is 5.60 Å². The van der Waals surface area contributed by atoms with Crippen molar-refractivity contribution >= 4 is 17.6 Å². The molecule has 1 saturated carbocycles. The fourth-order valence-electron chi connectivity index (χ4n) is 2.58. The molecule has 0 heterocycles. The highest BCUT2D eigenvalue weighted by Crippen LogP contribution is 2.42. The van der Waals surface area contributed by atoms with Crippen LogP contribution in [0.2, 0.25) is 5.02 Å². The molecular weight excluding hydrogens is 296 g/mol. The lowest BCUT2D eigenvalue weighted by Gasteiger charge is -2.34. The molecule has 2 rings (SSSR count). The number of carboxylic acids is 1. The molecule has 1 aromatic carbocycles. The molecule has 0 spiro atoms. The van der Waals surface area contributed by atoms with Crippen LogP contribution in [0.4, 0.5) is 0 Å². The molecule has 0 radical (unpaired) electrons. The van der Waals surface area contributed by atoms with Crippen LogP contribution in [0, 0.1) is 0 Å². The Labute approximate surface area is 128 Å². The lowest BCUT2D eigenvalue weighted by molar-refractivity contribution is -0.158. The first-order valence-corrected chi connectivity index (χ1v) is 7.24. The molecule has 1 fully saturated rings. The van der Waals surface area contributed by atoms with E-state index in [2.05, 4.69) is 0 Å². The summed E-state index contributed by atoms with van der Waals surface area (Å²) in [5.41, 5.74) is -1.22. The molecule has 0 aromatic heterocycles. The Balaban J connectivity index is 2.38. The third-order valence-electron chi connectivity index (χ3n) is 3.79. The third kappa shape index (κ3) is 3.18. The number of aliphatic carboxylic acids is 1. The largest absolute Gasteiger partial charge is 0.496 e. The van der Waals surface area contributed by atoms with E-state index in [-0.39, 0.29) is 10.8 Å². The van der Waals surface area contributed by atoms with Crippen LogP contribution in [0.1, 0.15) is 32.1 Å². The first-order chi connectivity index (χ1) is 10.0. The predicted octanol–water partition coefficient (Wildman–Crippen LogP) is 3.52. The summed E-state index contributed by atoms with van der Waals surface area (Å²) >= 11 is 6.23. The average molecular weight is 315 g/mol. The van der Waals surface area contributed by atoms with E-state index in [1.54, 1.807) is 12.1 Å². The van der Waals surface area contributed by atoms with Crippen LogP contribution in [0.15, 0.2) is 12.1 Å². The SMILES string of the molecule is COc1cc(OC)c(Cl)c(OC2(C(=O)O)CCCCC2)c1. The summed E-state index contributed by atoms with van der Waals surface area (Å²) in [6, 6.07) is 3.22. The number of carbonyl (C=O) groups is 1. The third-order valence-corrected chi connectivity index (χ3v) is 4.16. The maximum Gasteiger partial charge on any atom is 0.348 e. The maximum absolute atomic E-state index is 11.7. The number of ether oxygens (including phenoxy) is 3. The molecule has 6 heteroatoms. The van der Waals surface area contributed by atoms with Crippen molar-refractivity contribution < 1.29 is 24.1 Å². The zero-order valence-electron chi connectivity index (χ0n) is 12.1. The quantitative estimate of drug-likeness (QED) is 0.900. The Kier molecular flexibility index (Phi) is 4.83. The predicted molar refractivity (Wildman–Crippen MR) is 78.6 cm³/mol. The number of rotatable bonds is 5. The molecule has 1 aliphatic rings. The van der Waals surface area contributed by atoms with Gasteiger partial charge in [-0.15, -0.1) is 0 Å². The maximum atomic E-state index is 11.7. The van der Waals surface area contributed by atoms with Crippen molar-refractivity contribution in [2.24, 2.45) is 0 Å². The number of methoxy groups -OCH3 is 2. The molecule has 116 valence electrons. The molecule has 1 aromatic rings. The summed E-state index contributed by atoms with van der Waals surface area (Å²) in [7, 11) is 3.00. The van der Waals surface area contributed by atoms with Gasteiger partial charge in [-0.1, -0.05) is 18.0 Å². The summed E-state index contributed by atoms with van der Waals surface area (Å²) in [4.78, 5) is 11.7.